The largest absolute Gasteiger partial charge is 0.394 e. The maximum absolute atomic E-state index is 12.0. The highest BCUT2D eigenvalue weighted by molar-refractivity contribution is 14.1. The van der Waals surface area contributed by atoms with E-state index in [4.69, 9.17) is 17.3 Å². The van der Waals surface area contributed by atoms with Crippen LogP contribution in [0.25, 0.3) is 0 Å². The van der Waals surface area contributed by atoms with Crippen molar-refractivity contribution in [1.82, 2.24) is 10.2 Å². The second-order valence-corrected chi connectivity index (χ2v) is 4.88. The van der Waals surface area contributed by atoms with E-state index in [0.29, 0.717) is 22.1 Å². The van der Waals surface area contributed by atoms with Crippen LogP contribution in [0.5, 0.6) is 0 Å². The molecular weight excluding hydrogens is 354 g/mol. The number of carbonyl (C=O) groups excluding carboxylic acids is 1. The Bertz CT molecular complexity index is 569. The molecule has 1 amide bonds. The minimum atomic E-state index is -0.284. The van der Waals surface area contributed by atoms with Gasteiger partial charge in [-0.05, 0) is 40.8 Å². The molecule has 0 radical (unpaired) electrons. The van der Waals surface area contributed by atoms with Gasteiger partial charge in [-0.3, -0.25) is 9.89 Å². The Balaban J connectivity index is 2.26. The van der Waals surface area contributed by atoms with E-state index >= 15 is 0 Å². The second kappa shape index (κ2) is 4.92. The van der Waals surface area contributed by atoms with Crippen molar-refractivity contribution in [3.8, 4) is 0 Å². The van der Waals surface area contributed by atoms with Crippen molar-refractivity contribution in [2.24, 2.45) is 0 Å². The Kier molecular flexibility index (Phi) is 3.53. The maximum Gasteiger partial charge on any atom is 0.257 e. The van der Waals surface area contributed by atoms with Gasteiger partial charge in [0.2, 0.25) is 0 Å². The molecule has 88 valence electrons. The fourth-order valence-electron chi connectivity index (χ4n) is 1.25. The first-order valence-electron chi connectivity index (χ1n) is 4.63. The summed E-state index contributed by atoms with van der Waals surface area (Å²) in [4.78, 5) is 12.0. The molecule has 5 nitrogen and oxygen atoms in total. The summed E-state index contributed by atoms with van der Waals surface area (Å²) in [6.07, 6.45) is 1.43. The molecule has 2 aromatic rings. The molecule has 0 spiro atoms. The van der Waals surface area contributed by atoms with Crippen LogP contribution in [0.1, 0.15) is 10.4 Å². The summed E-state index contributed by atoms with van der Waals surface area (Å²) < 4.78 is 0.808. The van der Waals surface area contributed by atoms with Gasteiger partial charge in [-0.2, -0.15) is 5.10 Å². The fraction of sp³-hybridized carbons (Fsp3) is 0. The van der Waals surface area contributed by atoms with Crippen molar-refractivity contribution >= 4 is 51.6 Å². The zero-order valence-electron chi connectivity index (χ0n) is 8.50. The van der Waals surface area contributed by atoms with Crippen LogP contribution in [-0.4, -0.2) is 16.1 Å². The van der Waals surface area contributed by atoms with Crippen molar-refractivity contribution in [2.75, 3.05) is 11.1 Å². The van der Waals surface area contributed by atoms with Gasteiger partial charge in [0, 0.05) is 8.59 Å². The molecule has 1 heterocycles. The number of benzene rings is 1. The predicted molar refractivity (Wildman–Crippen MR) is 75.1 cm³/mol. The molecule has 17 heavy (non-hydrogen) atoms. The molecule has 0 saturated carbocycles. The van der Waals surface area contributed by atoms with Gasteiger partial charge < -0.3 is 11.1 Å². The number of nitrogens with one attached hydrogen (secondary N) is 2. The lowest BCUT2D eigenvalue weighted by molar-refractivity contribution is 0.102. The fourth-order valence-corrected chi connectivity index (χ4v) is 2.00. The Morgan fingerprint density at radius 2 is 2.29 bits per heavy atom. The number of nitrogen functional groups attached to an aromatic ring is 1. The van der Waals surface area contributed by atoms with E-state index < -0.39 is 0 Å². The number of carbonyl (C=O) groups is 1. The summed E-state index contributed by atoms with van der Waals surface area (Å²) in [5.74, 6) is 0.0959. The lowest BCUT2D eigenvalue weighted by atomic mass is 10.2. The maximum atomic E-state index is 12.0. The minimum absolute atomic E-state index is 0.284. The van der Waals surface area contributed by atoms with Gasteiger partial charge in [-0.15, -0.1) is 0 Å². The van der Waals surface area contributed by atoms with Gasteiger partial charge in [0.1, 0.15) is 0 Å². The Hall–Kier alpha value is -1.28. The van der Waals surface area contributed by atoms with Gasteiger partial charge in [-0.25, -0.2) is 0 Å². The van der Waals surface area contributed by atoms with E-state index in [-0.39, 0.29) is 5.91 Å². The van der Waals surface area contributed by atoms with Crippen molar-refractivity contribution < 1.29 is 4.79 Å². The van der Waals surface area contributed by atoms with Gasteiger partial charge in [0.05, 0.1) is 17.4 Å². The first-order chi connectivity index (χ1) is 8.08. The molecule has 0 aliphatic heterocycles. The molecule has 0 bridgehead atoms. The third-order valence-electron chi connectivity index (χ3n) is 2.08. The van der Waals surface area contributed by atoms with Crippen LogP contribution in [0.2, 0.25) is 5.02 Å². The van der Waals surface area contributed by atoms with Crippen LogP contribution in [0.3, 0.4) is 0 Å². The quantitative estimate of drug-likeness (QED) is 0.718. The smallest absolute Gasteiger partial charge is 0.257 e. The number of aromatic amines is 1. The Morgan fingerprint density at radius 3 is 2.94 bits per heavy atom. The molecular formula is C10H8ClIN4O. The minimum Gasteiger partial charge on any atom is -0.394 e. The van der Waals surface area contributed by atoms with Crippen LogP contribution in [-0.2, 0) is 0 Å². The average molecular weight is 363 g/mol. The number of anilines is 2. The Labute approximate surface area is 116 Å². The van der Waals surface area contributed by atoms with Crippen LogP contribution in [0, 0.1) is 3.57 Å². The third kappa shape index (κ3) is 2.70. The Morgan fingerprint density at radius 1 is 1.53 bits per heavy atom. The van der Waals surface area contributed by atoms with Crippen LogP contribution in [0.15, 0.2) is 24.4 Å². The van der Waals surface area contributed by atoms with E-state index in [0.717, 1.165) is 3.57 Å². The SMILES string of the molecule is Nc1cn[nH]c1NC(=O)c1cc(Cl)ccc1I. The molecule has 0 atom stereocenters. The third-order valence-corrected chi connectivity index (χ3v) is 3.26. The number of nitrogens with two attached hydrogens (primary N) is 1. The summed E-state index contributed by atoms with van der Waals surface area (Å²) in [5.41, 5.74) is 6.48. The molecule has 0 aliphatic rings. The number of H-pyrrole nitrogens is 1. The van der Waals surface area contributed by atoms with E-state index in [1.54, 1.807) is 18.2 Å². The number of halogens is 2. The summed E-state index contributed by atoms with van der Waals surface area (Å²) in [6, 6.07) is 5.10. The molecule has 0 saturated heterocycles. The van der Waals surface area contributed by atoms with Gasteiger partial charge in [-0.1, -0.05) is 11.6 Å². The number of rotatable bonds is 2. The van der Waals surface area contributed by atoms with E-state index in [1.165, 1.54) is 6.20 Å². The summed E-state index contributed by atoms with van der Waals surface area (Å²) >= 11 is 7.91. The summed E-state index contributed by atoms with van der Waals surface area (Å²) in [5, 5.41) is 9.45. The van der Waals surface area contributed by atoms with E-state index in [2.05, 4.69) is 38.1 Å². The van der Waals surface area contributed by atoms with Crippen molar-refractivity contribution in [3.63, 3.8) is 0 Å². The van der Waals surface area contributed by atoms with Gasteiger partial charge in [0.15, 0.2) is 5.82 Å². The first kappa shape index (κ1) is 12.2. The second-order valence-electron chi connectivity index (χ2n) is 3.28. The van der Waals surface area contributed by atoms with E-state index in [1.807, 2.05) is 0 Å². The molecule has 0 fully saturated rings. The molecule has 1 aromatic carbocycles. The zero-order chi connectivity index (χ0) is 12.4. The molecule has 2 rings (SSSR count). The highest BCUT2D eigenvalue weighted by Crippen LogP contribution is 2.20. The lowest BCUT2D eigenvalue weighted by Gasteiger charge is -2.06. The van der Waals surface area contributed by atoms with Crippen molar-refractivity contribution in [2.45, 2.75) is 0 Å². The lowest BCUT2D eigenvalue weighted by Crippen LogP contribution is -2.14. The molecule has 0 aliphatic carbocycles. The number of aromatic nitrogens is 2. The standard InChI is InChI=1S/C10H8ClIN4O/c11-5-1-2-7(12)6(3-5)10(17)15-9-8(13)4-14-16-9/h1-4H,13H2,(H2,14,15,16,17). The molecule has 0 unspecified atom stereocenters. The summed E-state index contributed by atoms with van der Waals surface area (Å²) in [6.45, 7) is 0. The molecule has 7 heteroatoms. The average Bonchev–Trinajstić information content (AvgIpc) is 2.68. The monoisotopic (exact) mass is 362 g/mol. The van der Waals surface area contributed by atoms with Crippen LogP contribution < -0.4 is 11.1 Å². The van der Waals surface area contributed by atoms with Crippen LogP contribution in [0.4, 0.5) is 11.5 Å². The number of hydrogen-bond donors (Lipinski definition) is 3. The highest BCUT2D eigenvalue weighted by atomic mass is 127. The number of nitrogens with zero attached hydrogens (tertiary/aromatic N) is 1. The first-order valence-corrected chi connectivity index (χ1v) is 6.09. The van der Waals surface area contributed by atoms with Crippen LogP contribution >= 0.6 is 34.2 Å². The van der Waals surface area contributed by atoms with Gasteiger partial charge >= 0.3 is 0 Å². The normalized spacial score (nSPS) is 10.2. The topological polar surface area (TPSA) is 83.8 Å². The number of amides is 1. The van der Waals surface area contributed by atoms with Gasteiger partial charge in [0.25, 0.3) is 5.91 Å². The van der Waals surface area contributed by atoms with E-state index in [9.17, 15) is 4.79 Å². The number of hydrogen-bond acceptors (Lipinski definition) is 3. The molecule has 4 N–H and O–H groups in total. The zero-order valence-corrected chi connectivity index (χ0v) is 11.4. The summed E-state index contributed by atoms with van der Waals surface area (Å²) in [7, 11) is 0. The highest BCUT2D eigenvalue weighted by Gasteiger charge is 2.12. The molecule has 1 aromatic heterocycles. The van der Waals surface area contributed by atoms with Crippen molar-refractivity contribution in [3.05, 3.63) is 38.6 Å². The predicted octanol–water partition coefficient (Wildman–Crippen LogP) is 2.50. The van der Waals surface area contributed by atoms with Crippen molar-refractivity contribution in [1.29, 1.82) is 0 Å².